The Morgan fingerprint density at radius 3 is 2.57 bits per heavy atom. The Morgan fingerprint density at radius 2 is 2.14 bits per heavy atom. The molecule has 1 heterocycles. The van der Waals surface area contributed by atoms with Gasteiger partial charge in [-0.15, -0.1) is 0 Å². The first-order valence-corrected chi connectivity index (χ1v) is 5.51. The third kappa shape index (κ3) is 2.72. The van der Waals surface area contributed by atoms with E-state index in [1.165, 1.54) is 0 Å². The summed E-state index contributed by atoms with van der Waals surface area (Å²) in [4.78, 5) is 0. The van der Waals surface area contributed by atoms with E-state index < -0.39 is 6.10 Å². The van der Waals surface area contributed by atoms with Crippen LogP contribution in [0.4, 0.5) is 0 Å². The minimum Gasteiger partial charge on any atom is -0.388 e. The van der Waals surface area contributed by atoms with Crippen LogP contribution >= 0.6 is 0 Å². The molecule has 1 fully saturated rings. The standard InChI is InChI=1S/C10H21BO3/c1-4-7-8(12)9(10(11)14-7)13-5-6(2)3/h6-10,12H,4-5,11H2,1-3H3/t7-,8?,9+,10-/m1/s1. The summed E-state index contributed by atoms with van der Waals surface area (Å²) >= 11 is 0. The lowest BCUT2D eigenvalue weighted by Gasteiger charge is -2.20. The largest absolute Gasteiger partial charge is 0.388 e. The fraction of sp³-hybridized carbons (Fsp3) is 1.00. The fourth-order valence-corrected chi connectivity index (χ4v) is 1.80. The first-order chi connectivity index (χ1) is 6.56. The molecule has 0 amide bonds. The van der Waals surface area contributed by atoms with Gasteiger partial charge in [0, 0.05) is 6.61 Å². The summed E-state index contributed by atoms with van der Waals surface area (Å²) in [7, 11) is 1.96. The summed E-state index contributed by atoms with van der Waals surface area (Å²) < 4.78 is 11.2. The molecule has 1 aliphatic heterocycles. The molecule has 1 N–H and O–H groups in total. The maximum Gasteiger partial charge on any atom is 0.142 e. The third-order valence-corrected chi connectivity index (χ3v) is 2.59. The maximum atomic E-state index is 9.88. The molecule has 0 bridgehead atoms. The second-order valence-electron chi connectivity index (χ2n) is 4.47. The minimum absolute atomic E-state index is 0.00806. The molecule has 82 valence electrons. The van der Waals surface area contributed by atoms with Crippen LogP contribution < -0.4 is 0 Å². The van der Waals surface area contributed by atoms with Gasteiger partial charge in [-0.1, -0.05) is 20.8 Å². The molecule has 1 aliphatic rings. The number of ether oxygens (including phenoxy) is 2. The van der Waals surface area contributed by atoms with Crippen LogP contribution in [0.15, 0.2) is 0 Å². The molecular weight excluding hydrogens is 179 g/mol. The van der Waals surface area contributed by atoms with Gasteiger partial charge in [-0.05, 0) is 12.3 Å². The normalized spacial score (nSPS) is 38.1. The van der Waals surface area contributed by atoms with Gasteiger partial charge >= 0.3 is 0 Å². The van der Waals surface area contributed by atoms with E-state index in [2.05, 4.69) is 13.8 Å². The summed E-state index contributed by atoms with van der Waals surface area (Å²) in [6, 6.07) is 0.00806. The van der Waals surface area contributed by atoms with Gasteiger partial charge in [0.25, 0.3) is 0 Å². The monoisotopic (exact) mass is 200 g/mol. The summed E-state index contributed by atoms with van der Waals surface area (Å²) in [6.45, 7) is 6.91. The predicted octanol–water partition coefficient (Wildman–Crippen LogP) is 0.156. The molecule has 0 radical (unpaired) electrons. The van der Waals surface area contributed by atoms with Crippen molar-refractivity contribution in [3.8, 4) is 0 Å². The topological polar surface area (TPSA) is 38.7 Å². The second kappa shape index (κ2) is 5.15. The summed E-state index contributed by atoms with van der Waals surface area (Å²) in [5.74, 6) is 0.495. The first kappa shape index (κ1) is 12.0. The lowest BCUT2D eigenvalue weighted by molar-refractivity contribution is -0.0315. The average Bonchev–Trinajstić information content (AvgIpc) is 2.39. The van der Waals surface area contributed by atoms with Crippen LogP contribution in [0.3, 0.4) is 0 Å². The van der Waals surface area contributed by atoms with Crippen molar-refractivity contribution in [2.24, 2.45) is 5.92 Å². The van der Waals surface area contributed by atoms with E-state index in [9.17, 15) is 5.11 Å². The predicted molar refractivity (Wildman–Crippen MR) is 58.1 cm³/mol. The Bertz CT molecular complexity index is 175. The molecule has 14 heavy (non-hydrogen) atoms. The number of aliphatic hydroxyl groups excluding tert-OH is 1. The van der Waals surface area contributed by atoms with Crippen LogP contribution in [0.2, 0.25) is 0 Å². The van der Waals surface area contributed by atoms with E-state index in [4.69, 9.17) is 9.47 Å². The van der Waals surface area contributed by atoms with E-state index >= 15 is 0 Å². The van der Waals surface area contributed by atoms with Crippen LogP contribution in [0.1, 0.15) is 27.2 Å². The molecule has 0 saturated carbocycles. The smallest absolute Gasteiger partial charge is 0.142 e. The summed E-state index contributed by atoms with van der Waals surface area (Å²) in [6.07, 6.45) is 0.172. The highest BCUT2D eigenvalue weighted by molar-refractivity contribution is 6.11. The number of aliphatic hydroxyl groups is 1. The van der Waals surface area contributed by atoms with Gasteiger partial charge in [0.2, 0.25) is 0 Å². The molecule has 0 spiro atoms. The highest BCUT2D eigenvalue weighted by Crippen LogP contribution is 2.24. The van der Waals surface area contributed by atoms with Gasteiger partial charge in [-0.2, -0.15) is 0 Å². The number of rotatable bonds is 4. The van der Waals surface area contributed by atoms with Crippen molar-refractivity contribution < 1.29 is 14.6 Å². The highest BCUT2D eigenvalue weighted by atomic mass is 16.6. The Hall–Kier alpha value is -0.0551. The SMILES string of the molecule is B[C@@H]1O[C@H](CC)C(O)[C@@H]1OCC(C)C. The van der Waals surface area contributed by atoms with Gasteiger partial charge in [0.15, 0.2) is 0 Å². The Labute approximate surface area is 87.2 Å². The fourth-order valence-electron chi connectivity index (χ4n) is 1.80. The lowest BCUT2D eigenvalue weighted by Crippen LogP contribution is -2.36. The van der Waals surface area contributed by atoms with E-state index in [-0.39, 0.29) is 18.2 Å². The zero-order valence-electron chi connectivity index (χ0n) is 9.56. The van der Waals surface area contributed by atoms with Crippen molar-refractivity contribution in [1.82, 2.24) is 0 Å². The van der Waals surface area contributed by atoms with Gasteiger partial charge in [-0.25, -0.2) is 0 Å². The van der Waals surface area contributed by atoms with Crippen LogP contribution in [-0.2, 0) is 9.47 Å². The van der Waals surface area contributed by atoms with Crippen LogP contribution in [0.25, 0.3) is 0 Å². The first-order valence-electron chi connectivity index (χ1n) is 5.51. The van der Waals surface area contributed by atoms with Crippen molar-refractivity contribution in [2.45, 2.75) is 51.5 Å². The zero-order chi connectivity index (χ0) is 10.7. The van der Waals surface area contributed by atoms with E-state index in [0.29, 0.717) is 12.5 Å². The van der Waals surface area contributed by atoms with Crippen molar-refractivity contribution >= 4 is 7.85 Å². The van der Waals surface area contributed by atoms with Crippen LogP contribution in [0.5, 0.6) is 0 Å². The molecule has 0 aliphatic carbocycles. The van der Waals surface area contributed by atoms with Crippen molar-refractivity contribution in [3.63, 3.8) is 0 Å². The Balaban J connectivity index is 2.43. The maximum absolute atomic E-state index is 9.88. The van der Waals surface area contributed by atoms with Crippen molar-refractivity contribution in [3.05, 3.63) is 0 Å². The van der Waals surface area contributed by atoms with Gasteiger partial charge in [0.1, 0.15) is 20.1 Å². The van der Waals surface area contributed by atoms with E-state index in [0.717, 1.165) is 6.42 Å². The molecule has 0 aromatic heterocycles. The van der Waals surface area contributed by atoms with Crippen molar-refractivity contribution in [2.75, 3.05) is 6.61 Å². The average molecular weight is 200 g/mol. The molecular formula is C10H21BO3. The van der Waals surface area contributed by atoms with Gasteiger partial charge < -0.3 is 14.6 Å². The molecule has 4 atom stereocenters. The van der Waals surface area contributed by atoms with E-state index in [1.54, 1.807) is 0 Å². The van der Waals surface area contributed by atoms with Gasteiger partial charge in [0.05, 0.1) is 12.1 Å². The van der Waals surface area contributed by atoms with Crippen molar-refractivity contribution in [1.29, 1.82) is 0 Å². The quantitative estimate of drug-likeness (QED) is 0.657. The highest BCUT2D eigenvalue weighted by Gasteiger charge is 2.40. The Morgan fingerprint density at radius 1 is 1.50 bits per heavy atom. The molecule has 3 nitrogen and oxygen atoms in total. The molecule has 0 aromatic carbocycles. The number of hydrogen-bond donors (Lipinski definition) is 1. The molecule has 1 saturated heterocycles. The summed E-state index contributed by atoms with van der Waals surface area (Å²) in [5, 5.41) is 9.88. The Kier molecular flexibility index (Phi) is 4.42. The number of hydrogen-bond acceptors (Lipinski definition) is 3. The molecule has 0 aromatic rings. The molecule has 4 heteroatoms. The third-order valence-electron chi connectivity index (χ3n) is 2.59. The minimum atomic E-state index is -0.464. The van der Waals surface area contributed by atoms with Crippen LogP contribution in [-0.4, -0.2) is 43.9 Å². The van der Waals surface area contributed by atoms with Crippen LogP contribution in [0, 0.1) is 5.92 Å². The van der Waals surface area contributed by atoms with Gasteiger partial charge in [-0.3, -0.25) is 0 Å². The zero-order valence-corrected chi connectivity index (χ0v) is 9.56. The molecule has 1 rings (SSSR count). The molecule has 1 unspecified atom stereocenters. The van der Waals surface area contributed by atoms with E-state index in [1.807, 2.05) is 14.8 Å². The lowest BCUT2D eigenvalue weighted by atomic mass is 9.92. The second-order valence-corrected chi connectivity index (χ2v) is 4.47. The summed E-state index contributed by atoms with van der Waals surface area (Å²) in [5.41, 5.74) is 0.